The van der Waals surface area contributed by atoms with Crippen molar-refractivity contribution in [1.82, 2.24) is 9.97 Å². The zero-order chi connectivity index (χ0) is 15.4. The average Bonchev–Trinajstić information content (AvgIpc) is 2.58. The van der Waals surface area contributed by atoms with Gasteiger partial charge in [-0.1, -0.05) is 0 Å². The molecular weight excluding hydrogens is 282 g/mol. The predicted molar refractivity (Wildman–Crippen MR) is 80.4 cm³/mol. The van der Waals surface area contributed by atoms with Gasteiger partial charge in [-0.2, -0.15) is 0 Å². The van der Waals surface area contributed by atoms with Crippen molar-refractivity contribution in [3.05, 3.63) is 77.2 Å². The van der Waals surface area contributed by atoms with Crippen LogP contribution in [0.25, 0.3) is 11.3 Å². The summed E-state index contributed by atoms with van der Waals surface area (Å²) in [4.78, 5) is 31.8. The molecule has 3 heterocycles. The van der Waals surface area contributed by atoms with Gasteiger partial charge in [-0.25, -0.2) is 4.79 Å². The van der Waals surface area contributed by atoms with Gasteiger partial charge in [-0.15, -0.1) is 0 Å². The standard InChI is InChI=1S/C16H11N3O3/c20-15(12-4-2-8-18-10-12)19-13-5-6-14(22-16(13)21)11-3-1-7-17-9-11/h1-10H,(H,19,20). The van der Waals surface area contributed by atoms with Crippen LogP contribution in [-0.4, -0.2) is 15.9 Å². The highest BCUT2D eigenvalue weighted by molar-refractivity contribution is 6.03. The molecule has 1 amide bonds. The summed E-state index contributed by atoms with van der Waals surface area (Å²) in [5.74, 6) is -0.0352. The molecule has 0 radical (unpaired) electrons. The summed E-state index contributed by atoms with van der Waals surface area (Å²) >= 11 is 0. The fourth-order valence-electron chi connectivity index (χ4n) is 1.86. The second-order valence-electron chi connectivity index (χ2n) is 4.44. The molecule has 3 aromatic heterocycles. The number of nitrogens with one attached hydrogen (secondary N) is 1. The van der Waals surface area contributed by atoms with E-state index in [1.165, 1.54) is 12.3 Å². The maximum absolute atomic E-state index is 12.0. The maximum atomic E-state index is 12.0. The van der Waals surface area contributed by atoms with E-state index in [4.69, 9.17) is 4.42 Å². The summed E-state index contributed by atoms with van der Waals surface area (Å²) in [7, 11) is 0. The number of anilines is 1. The first kappa shape index (κ1) is 13.7. The third-order valence-electron chi connectivity index (χ3n) is 2.94. The molecule has 0 aromatic carbocycles. The quantitative estimate of drug-likeness (QED) is 0.801. The Hall–Kier alpha value is -3.28. The lowest BCUT2D eigenvalue weighted by Crippen LogP contribution is -2.17. The molecule has 108 valence electrons. The first-order valence-electron chi connectivity index (χ1n) is 6.50. The fourth-order valence-corrected chi connectivity index (χ4v) is 1.86. The van der Waals surface area contributed by atoms with E-state index in [0.29, 0.717) is 16.9 Å². The van der Waals surface area contributed by atoms with Crippen LogP contribution < -0.4 is 10.9 Å². The molecule has 0 aliphatic rings. The van der Waals surface area contributed by atoms with E-state index in [9.17, 15) is 9.59 Å². The Morgan fingerprint density at radius 3 is 2.41 bits per heavy atom. The number of carbonyl (C=O) groups is 1. The second kappa shape index (κ2) is 6.01. The van der Waals surface area contributed by atoms with Gasteiger partial charge in [0, 0.05) is 30.4 Å². The van der Waals surface area contributed by atoms with E-state index in [-0.39, 0.29) is 5.69 Å². The highest BCUT2D eigenvalue weighted by Gasteiger charge is 2.10. The van der Waals surface area contributed by atoms with Crippen molar-refractivity contribution in [3.8, 4) is 11.3 Å². The molecular formula is C16H11N3O3. The van der Waals surface area contributed by atoms with Crippen LogP contribution in [0.2, 0.25) is 0 Å². The van der Waals surface area contributed by atoms with Gasteiger partial charge in [-0.05, 0) is 36.4 Å². The van der Waals surface area contributed by atoms with Crippen LogP contribution in [0.4, 0.5) is 5.69 Å². The minimum atomic E-state index is -0.626. The van der Waals surface area contributed by atoms with Gasteiger partial charge in [0.1, 0.15) is 11.4 Å². The third-order valence-corrected chi connectivity index (χ3v) is 2.94. The maximum Gasteiger partial charge on any atom is 0.360 e. The second-order valence-corrected chi connectivity index (χ2v) is 4.44. The first-order chi connectivity index (χ1) is 10.7. The number of pyridine rings is 2. The van der Waals surface area contributed by atoms with Gasteiger partial charge >= 0.3 is 5.63 Å². The molecule has 6 nitrogen and oxygen atoms in total. The number of rotatable bonds is 3. The Kier molecular flexibility index (Phi) is 3.74. The Bertz CT molecular complexity index is 845. The predicted octanol–water partition coefficient (Wildman–Crippen LogP) is 2.35. The van der Waals surface area contributed by atoms with E-state index in [0.717, 1.165) is 0 Å². The van der Waals surface area contributed by atoms with E-state index < -0.39 is 11.5 Å². The van der Waals surface area contributed by atoms with Crippen LogP contribution >= 0.6 is 0 Å². The number of aromatic nitrogens is 2. The minimum absolute atomic E-state index is 0.0708. The molecule has 6 heteroatoms. The van der Waals surface area contributed by atoms with E-state index >= 15 is 0 Å². The summed E-state index contributed by atoms with van der Waals surface area (Å²) in [6.07, 6.45) is 6.20. The summed E-state index contributed by atoms with van der Waals surface area (Å²) in [5.41, 5.74) is 0.489. The van der Waals surface area contributed by atoms with Crippen LogP contribution in [0, 0.1) is 0 Å². The highest BCUT2D eigenvalue weighted by atomic mass is 16.4. The van der Waals surface area contributed by atoms with E-state index in [2.05, 4.69) is 15.3 Å². The van der Waals surface area contributed by atoms with Gasteiger partial charge in [0.25, 0.3) is 5.91 Å². The zero-order valence-electron chi connectivity index (χ0n) is 11.4. The minimum Gasteiger partial charge on any atom is -0.421 e. The molecule has 0 aliphatic heterocycles. The summed E-state index contributed by atoms with van der Waals surface area (Å²) in [5, 5.41) is 2.50. The van der Waals surface area contributed by atoms with Gasteiger partial charge in [0.2, 0.25) is 0 Å². The summed E-state index contributed by atoms with van der Waals surface area (Å²) in [6, 6.07) is 9.88. The average molecular weight is 293 g/mol. The third kappa shape index (κ3) is 2.90. The Morgan fingerprint density at radius 1 is 1.00 bits per heavy atom. The van der Waals surface area contributed by atoms with Gasteiger partial charge in [0.05, 0.1) is 5.56 Å². The highest BCUT2D eigenvalue weighted by Crippen LogP contribution is 2.17. The smallest absolute Gasteiger partial charge is 0.360 e. The molecule has 0 fully saturated rings. The van der Waals surface area contributed by atoms with Gasteiger partial charge in [0.15, 0.2) is 0 Å². The first-order valence-corrected chi connectivity index (χ1v) is 6.50. The zero-order valence-corrected chi connectivity index (χ0v) is 11.4. The molecule has 0 saturated heterocycles. The Morgan fingerprint density at radius 2 is 1.77 bits per heavy atom. The molecule has 0 aliphatic carbocycles. The number of hydrogen-bond donors (Lipinski definition) is 1. The van der Waals surface area contributed by atoms with Crippen molar-refractivity contribution >= 4 is 11.6 Å². The van der Waals surface area contributed by atoms with Crippen LogP contribution in [0.1, 0.15) is 10.4 Å². The van der Waals surface area contributed by atoms with Crippen molar-refractivity contribution in [2.24, 2.45) is 0 Å². The number of carbonyl (C=O) groups excluding carboxylic acids is 1. The molecule has 1 N–H and O–H groups in total. The molecule has 0 atom stereocenters. The molecule has 0 saturated carbocycles. The van der Waals surface area contributed by atoms with Gasteiger partial charge < -0.3 is 9.73 Å². The molecule has 0 spiro atoms. The van der Waals surface area contributed by atoms with Gasteiger partial charge in [-0.3, -0.25) is 14.8 Å². The summed E-state index contributed by atoms with van der Waals surface area (Å²) < 4.78 is 5.21. The fraction of sp³-hybridized carbons (Fsp3) is 0. The van der Waals surface area contributed by atoms with Crippen LogP contribution in [-0.2, 0) is 0 Å². The van der Waals surface area contributed by atoms with Crippen molar-refractivity contribution in [1.29, 1.82) is 0 Å². The van der Waals surface area contributed by atoms with Crippen LogP contribution in [0.15, 0.2) is 70.4 Å². The SMILES string of the molecule is O=C(Nc1ccc(-c2cccnc2)oc1=O)c1cccnc1. The molecule has 0 unspecified atom stereocenters. The molecule has 22 heavy (non-hydrogen) atoms. The number of nitrogens with zero attached hydrogens (tertiary/aromatic N) is 2. The number of hydrogen-bond acceptors (Lipinski definition) is 5. The van der Waals surface area contributed by atoms with Crippen molar-refractivity contribution in [3.63, 3.8) is 0 Å². The monoisotopic (exact) mass is 293 g/mol. The number of amides is 1. The largest absolute Gasteiger partial charge is 0.421 e. The van der Waals surface area contributed by atoms with Crippen LogP contribution in [0.5, 0.6) is 0 Å². The topological polar surface area (TPSA) is 85.1 Å². The Balaban J connectivity index is 1.85. The summed E-state index contributed by atoms with van der Waals surface area (Å²) in [6.45, 7) is 0. The molecule has 0 bridgehead atoms. The van der Waals surface area contributed by atoms with Crippen molar-refractivity contribution < 1.29 is 9.21 Å². The molecule has 3 aromatic rings. The van der Waals surface area contributed by atoms with E-state index in [1.54, 1.807) is 48.9 Å². The normalized spacial score (nSPS) is 10.2. The Labute approximate surface area is 125 Å². The lowest BCUT2D eigenvalue weighted by Gasteiger charge is -2.04. The van der Waals surface area contributed by atoms with E-state index in [1.807, 2.05) is 0 Å². The van der Waals surface area contributed by atoms with Crippen LogP contribution in [0.3, 0.4) is 0 Å². The van der Waals surface area contributed by atoms with Crippen molar-refractivity contribution in [2.75, 3.05) is 5.32 Å². The lowest BCUT2D eigenvalue weighted by molar-refractivity contribution is 0.102. The lowest BCUT2D eigenvalue weighted by atomic mass is 10.2. The van der Waals surface area contributed by atoms with Crippen molar-refractivity contribution in [2.45, 2.75) is 0 Å². The molecule has 3 rings (SSSR count).